The van der Waals surface area contributed by atoms with E-state index < -0.39 is 11.8 Å². The number of hydrogen-bond acceptors (Lipinski definition) is 3. The van der Waals surface area contributed by atoms with Gasteiger partial charge >= 0.3 is 6.18 Å². The number of rotatable bonds is 3. The molecule has 1 aliphatic rings. The second kappa shape index (κ2) is 6.94. The monoisotopic (exact) mass is 423 g/mol. The molecule has 2 aromatic rings. The summed E-state index contributed by atoms with van der Waals surface area (Å²) in [6, 6.07) is 8.10. The van der Waals surface area contributed by atoms with E-state index in [1.807, 2.05) is 0 Å². The van der Waals surface area contributed by atoms with Crippen LogP contribution in [0.25, 0.3) is 5.70 Å². The van der Waals surface area contributed by atoms with Gasteiger partial charge in [-0.05, 0) is 35.9 Å². The van der Waals surface area contributed by atoms with E-state index in [-0.39, 0.29) is 32.9 Å². The molecule has 2 N–H and O–H groups in total. The van der Waals surface area contributed by atoms with Crippen LogP contribution in [0.2, 0.25) is 15.1 Å². The van der Waals surface area contributed by atoms with E-state index in [1.54, 1.807) is 0 Å². The van der Waals surface area contributed by atoms with Crippen LogP contribution >= 0.6 is 34.8 Å². The summed E-state index contributed by atoms with van der Waals surface area (Å²) >= 11 is 17.7. The molecule has 0 aromatic heterocycles. The average Bonchev–Trinajstić information content (AvgIpc) is 3.00. The average molecular weight is 425 g/mol. The van der Waals surface area contributed by atoms with Crippen molar-refractivity contribution < 1.29 is 23.1 Å². The molecule has 0 saturated carbocycles. The zero-order chi connectivity index (χ0) is 19.1. The number of nitrogens with one attached hydrogen (secondary N) is 1. The number of hydroxylamine groups is 1. The van der Waals surface area contributed by atoms with E-state index >= 15 is 0 Å². The van der Waals surface area contributed by atoms with Crippen molar-refractivity contribution in [2.75, 3.05) is 0 Å². The van der Waals surface area contributed by atoms with Gasteiger partial charge in [0.05, 0.1) is 12.3 Å². The quantitative estimate of drug-likeness (QED) is 0.686. The Bertz CT molecular complexity index is 866. The summed E-state index contributed by atoms with van der Waals surface area (Å²) in [5.74, 6) is 0. The van der Waals surface area contributed by atoms with Crippen LogP contribution in [0.5, 0.6) is 0 Å². The summed E-state index contributed by atoms with van der Waals surface area (Å²) in [7, 11) is 0. The van der Waals surface area contributed by atoms with Crippen molar-refractivity contribution in [2.45, 2.75) is 18.4 Å². The van der Waals surface area contributed by atoms with E-state index in [2.05, 4.69) is 5.48 Å². The number of benzene rings is 2. The Labute approximate surface area is 161 Å². The third kappa shape index (κ3) is 3.40. The number of hydrogen-bond donors (Lipinski definition) is 2. The van der Waals surface area contributed by atoms with Crippen LogP contribution < -0.4 is 5.48 Å². The normalized spacial score (nSPS) is 20.0. The van der Waals surface area contributed by atoms with E-state index in [1.165, 1.54) is 24.3 Å². The minimum absolute atomic E-state index is 0.0527. The number of aliphatic hydroxyl groups excluding tert-OH is 1. The summed E-state index contributed by atoms with van der Waals surface area (Å²) in [5, 5.41) is 9.48. The maximum absolute atomic E-state index is 13.9. The Kier molecular flexibility index (Phi) is 5.16. The van der Waals surface area contributed by atoms with E-state index in [9.17, 15) is 13.2 Å². The van der Waals surface area contributed by atoms with Gasteiger partial charge in [0, 0.05) is 26.2 Å². The molecule has 0 fully saturated rings. The van der Waals surface area contributed by atoms with Crippen LogP contribution in [0.1, 0.15) is 16.7 Å². The van der Waals surface area contributed by atoms with Crippen LogP contribution in [-0.2, 0) is 17.0 Å². The highest BCUT2D eigenvalue weighted by Crippen LogP contribution is 2.48. The summed E-state index contributed by atoms with van der Waals surface area (Å²) in [6.45, 7) is -0.282. The molecule has 1 atom stereocenters. The van der Waals surface area contributed by atoms with Gasteiger partial charge in [-0.15, -0.1) is 0 Å². The van der Waals surface area contributed by atoms with Crippen LogP contribution in [0, 0.1) is 0 Å². The fourth-order valence-corrected chi connectivity index (χ4v) is 3.36. The SMILES string of the molecule is OCc1ccc(C2=CC(c3cc(Cl)cc(Cl)c3)(C(F)(F)F)ON2)cc1Cl. The molecule has 0 radical (unpaired) electrons. The molecule has 1 unspecified atom stereocenters. The summed E-state index contributed by atoms with van der Waals surface area (Å²) in [4.78, 5) is 4.99. The Hall–Kier alpha value is -1.44. The molecule has 3 nitrogen and oxygen atoms in total. The molecule has 0 bridgehead atoms. The zero-order valence-electron chi connectivity index (χ0n) is 12.9. The van der Waals surface area contributed by atoms with Crippen molar-refractivity contribution >= 4 is 40.5 Å². The molecule has 0 aliphatic carbocycles. The molecule has 0 spiro atoms. The first-order valence-electron chi connectivity index (χ1n) is 7.26. The zero-order valence-corrected chi connectivity index (χ0v) is 15.1. The molecule has 2 aromatic carbocycles. The van der Waals surface area contributed by atoms with Gasteiger partial charge in [-0.25, -0.2) is 0 Å². The smallest absolute Gasteiger partial charge is 0.392 e. The molecule has 9 heteroatoms. The first-order valence-corrected chi connectivity index (χ1v) is 8.39. The molecule has 3 rings (SSSR count). The lowest BCUT2D eigenvalue weighted by Gasteiger charge is -2.28. The lowest BCUT2D eigenvalue weighted by Crippen LogP contribution is -2.42. The minimum atomic E-state index is -4.79. The van der Waals surface area contributed by atoms with E-state index in [4.69, 9.17) is 44.7 Å². The Morgan fingerprint density at radius 3 is 2.23 bits per heavy atom. The van der Waals surface area contributed by atoms with Crippen LogP contribution in [0.3, 0.4) is 0 Å². The van der Waals surface area contributed by atoms with Crippen LogP contribution in [0.4, 0.5) is 13.2 Å². The number of aliphatic hydroxyl groups is 1. The van der Waals surface area contributed by atoms with Crippen molar-refractivity contribution in [2.24, 2.45) is 0 Å². The van der Waals surface area contributed by atoms with Crippen LogP contribution in [0.15, 0.2) is 42.5 Å². The third-order valence-electron chi connectivity index (χ3n) is 3.92. The molecular formula is C17H11Cl3F3NO2. The first kappa shape index (κ1) is 19.3. The summed E-state index contributed by atoms with van der Waals surface area (Å²) < 4.78 is 41.7. The van der Waals surface area contributed by atoms with Gasteiger partial charge in [-0.2, -0.15) is 13.2 Å². The van der Waals surface area contributed by atoms with Gasteiger partial charge in [0.25, 0.3) is 0 Å². The van der Waals surface area contributed by atoms with Crippen LogP contribution in [-0.4, -0.2) is 11.3 Å². The van der Waals surface area contributed by atoms with Gasteiger partial charge in [0.15, 0.2) is 0 Å². The van der Waals surface area contributed by atoms with Crippen molar-refractivity contribution in [3.63, 3.8) is 0 Å². The predicted octanol–water partition coefficient (Wildman–Crippen LogP) is 5.47. The molecule has 1 aliphatic heterocycles. The molecule has 1 heterocycles. The lowest BCUT2D eigenvalue weighted by atomic mass is 9.91. The van der Waals surface area contributed by atoms with Crippen molar-refractivity contribution in [1.82, 2.24) is 5.48 Å². The number of alkyl halides is 3. The largest absolute Gasteiger partial charge is 0.428 e. The molecule has 26 heavy (non-hydrogen) atoms. The second-order valence-electron chi connectivity index (χ2n) is 5.62. The summed E-state index contributed by atoms with van der Waals surface area (Å²) in [5.41, 5.74) is 0.178. The third-order valence-corrected chi connectivity index (χ3v) is 4.70. The van der Waals surface area contributed by atoms with Gasteiger partial charge in [0.1, 0.15) is 0 Å². The topological polar surface area (TPSA) is 41.5 Å². The first-order chi connectivity index (χ1) is 12.2. The van der Waals surface area contributed by atoms with Crippen molar-refractivity contribution in [3.8, 4) is 0 Å². The van der Waals surface area contributed by atoms with Crippen molar-refractivity contribution in [3.05, 3.63) is 74.2 Å². The van der Waals surface area contributed by atoms with Gasteiger partial charge < -0.3 is 5.11 Å². The molecule has 138 valence electrons. The minimum Gasteiger partial charge on any atom is -0.392 e. The summed E-state index contributed by atoms with van der Waals surface area (Å²) in [6.07, 6.45) is -3.89. The molecular weight excluding hydrogens is 414 g/mol. The van der Waals surface area contributed by atoms with E-state index in [0.29, 0.717) is 11.1 Å². The number of halogens is 6. The van der Waals surface area contributed by atoms with Gasteiger partial charge in [-0.3, -0.25) is 10.3 Å². The second-order valence-corrected chi connectivity index (χ2v) is 6.90. The Balaban J connectivity index is 2.12. The molecule has 0 amide bonds. The Morgan fingerprint density at radius 2 is 1.69 bits per heavy atom. The standard InChI is InChI=1S/C17H11Cl3F3NO2/c18-12-4-11(5-13(19)6-12)16(17(21,22)23)7-15(24-26-16)9-1-2-10(8-25)14(20)3-9/h1-7,24-25H,8H2. The van der Waals surface area contributed by atoms with Gasteiger partial charge in [0.2, 0.25) is 5.60 Å². The molecule has 0 saturated heterocycles. The highest BCUT2D eigenvalue weighted by Gasteiger charge is 2.59. The maximum Gasteiger partial charge on any atom is 0.428 e. The maximum atomic E-state index is 13.9. The highest BCUT2D eigenvalue weighted by molar-refractivity contribution is 6.34. The van der Waals surface area contributed by atoms with Gasteiger partial charge in [-0.1, -0.05) is 46.9 Å². The van der Waals surface area contributed by atoms with E-state index in [0.717, 1.165) is 18.2 Å². The fourth-order valence-electron chi connectivity index (χ4n) is 2.60. The van der Waals surface area contributed by atoms with Crippen molar-refractivity contribution in [1.29, 1.82) is 0 Å². The Morgan fingerprint density at radius 1 is 1.04 bits per heavy atom. The fraction of sp³-hybridized carbons (Fsp3) is 0.176. The lowest BCUT2D eigenvalue weighted by molar-refractivity contribution is -0.269. The highest BCUT2D eigenvalue weighted by atomic mass is 35.5. The predicted molar refractivity (Wildman–Crippen MR) is 93.8 cm³/mol.